The molecule has 0 spiro atoms. The van der Waals surface area contributed by atoms with E-state index in [-0.39, 0.29) is 35.2 Å². The number of aliphatic imine (C=N–C) groups is 1. The van der Waals surface area contributed by atoms with Crippen molar-refractivity contribution in [3.8, 4) is 0 Å². The van der Waals surface area contributed by atoms with Gasteiger partial charge in [0.05, 0.1) is 0 Å². The van der Waals surface area contributed by atoms with Crippen LogP contribution in [0.2, 0.25) is 0 Å². The van der Waals surface area contributed by atoms with Gasteiger partial charge in [0.1, 0.15) is 5.82 Å². The fourth-order valence-corrected chi connectivity index (χ4v) is 1.78. The van der Waals surface area contributed by atoms with E-state index in [9.17, 15) is 4.39 Å². The Morgan fingerprint density at radius 2 is 2.00 bits per heavy atom. The Morgan fingerprint density at radius 3 is 2.50 bits per heavy atom. The molecule has 1 aromatic rings. The minimum atomic E-state index is -0.199. The molecule has 0 radical (unpaired) electrons. The Balaban J connectivity index is 0.00000361. The zero-order valence-corrected chi connectivity index (χ0v) is 15.2. The van der Waals surface area contributed by atoms with Gasteiger partial charge < -0.3 is 10.6 Å². The monoisotopic (exact) mass is 393 g/mol. The van der Waals surface area contributed by atoms with Crippen molar-refractivity contribution in [3.05, 3.63) is 35.6 Å². The molecule has 0 saturated carbocycles. The van der Waals surface area contributed by atoms with Crippen LogP contribution in [0.15, 0.2) is 29.3 Å². The molecule has 0 aromatic heterocycles. The Kier molecular flexibility index (Phi) is 8.08. The maximum Gasteiger partial charge on any atom is 0.191 e. The minimum Gasteiger partial charge on any atom is -0.356 e. The van der Waals surface area contributed by atoms with E-state index in [0.717, 1.165) is 11.5 Å². The Hall–Kier alpha value is -0.850. The van der Waals surface area contributed by atoms with Gasteiger partial charge in [-0.1, -0.05) is 26.0 Å². The van der Waals surface area contributed by atoms with Crippen molar-refractivity contribution >= 4 is 29.9 Å². The van der Waals surface area contributed by atoms with Crippen LogP contribution in [0.4, 0.5) is 4.39 Å². The summed E-state index contributed by atoms with van der Waals surface area (Å²) in [5, 5.41) is 6.51. The summed E-state index contributed by atoms with van der Waals surface area (Å²) in [4.78, 5) is 4.16. The predicted octanol–water partition coefficient (Wildman–Crippen LogP) is 3.29. The van der Waals surface area contributed by atoms with Gasteiger partial charge in [0, 0.05) is 25.0 Å². The number of hydrogen-bond donors (Lipinski definition) is 2. The molecule has 1 aromatic carbocycles. The van der Waals surface area contributed by atoms with Crippen LogP contribution < -0.4 is 10.6 Å². The average molecular weight is 393 g/mol. The van der Waals surface area contributed by atoms with Gasteiger partial charge >= 0.3 is 0 Å². The first-order valence-corrected chi connectivity index (χ1v) is 6.58. The van der Waals surface area contributed by atoms with Crippen molar-refractivity contribution in [2.24, 2.45) is 4.99 Å². The zero-order valence-electron chi connectivity index (χ0n) is 12.8. The maximum atomic E-state index is 13.3. The summed E-state index contributed by atoms with van der Waals surface area (Å²) in [7, 11) is 1.74. The highest BCUT2D eigenvalue weighted by Gasteiger charge is 2.21. The highest BCUT2D eigenvalue weighted by atomic mass is 127. The molecule has 0 aliphatic heterocycles. The first-order valence-electron chi connectivity index (χ1n) is 6.58. The Labute approximate surface area is 138 Å². The molecule has 3 nitrogen and oxygen atoms in total. The van der Waals surface area contributed by atoms with E-state index in [2.05, 4.69) is 43.3 Å². The molecule has 0 bridgehead atoms. The van der Waals surface area contributed by atoms with Crippen LogP contribution in [-0.2, 0) is 5.41 Å². The van der Waals surface area contributed by atoms with Gasteiger partial charge in [-0.15, -0.1) is 24.0 Å². The number of halogens is 2. The number of hydrogen-bond acceptors (Lipinski definition) is 1. The van der Waals surface area contributed by atoms with Crippen LogP contribution in [0.5, 0.6) is 0 Å². The smallest absolute Gasteiger partial charge is 0.191 e. The van der Waals surface area contributed by atoms with Crippen molar-refractivity contribution in [1.82, 2.24) is 10.6 Å². The molecule has 114 valence electrons. The number of rotatable bonds is 4. The van der Waals surface area contributed by atoms with Crippen molar-refractivity contribution in [3.63, 3.8) is 0 Å². The lowest BCUT2D eigenvalue weighted by Crippen LogP contribution is -2.45. The van der Waals surface area contributed by atoms with Gasteiger partial charge in [-0.05, 0) is 31.5 Å². The lowest BCUT2D eigenvalue weighted by atomic mass is 9.84. The van der Waals surface area contributed by atoms with Gasteiger partial charge in [0.25, 0.3) is 0 Å². The largest absolute Gasteiger partial charge is 0.356 e. The molecule has 0 saturated heterocycles. The Morgan fingerprint density at radius 1 is 1.35 bits per heavy atom. The van der Waals surface area contributed by atoms with Crippen LogP contribution in [0, 0.1) is 5.82 Å². The van der Waals surface area contributed by atoms with Gasteiger partial charge in [0.2, 0.25) is 0 Å². The van der Waals surface area contributed by atoms with Gasteiger partial charge in [-0.3, -0.25) is 4.99 Å². The lowest BCUT2D eigenvalue weighted by molar-refractivity contribution is 0.501. The summed E-state index contributed by atoms with van der Waals surface area (Å²) in [6.45, 7) is 8.97. The minimum absolute atomic E-state index is 0. The predicted molar refractivity (Wildman–Crippen MR) is 94.5 cm³/mol. The third-order valence-corrected chi connectivity index (χ3v) is 2.95. The van der Waals surface area contributed by atoms with Crippen LogP contribution in [0.25, 0.3) is 0 Å². The standard InChI is InChI=1S/C15H24FN3.HI/c1-11(2)19-14(17-5)18-10-15(3,4)12-7-6-8-13(16)9-12;/h6-9,11H,10H2,1-5H3,(H2,17,18,19);1H. The number of guanidine groups is 1. The molecule has 0 amide bonds. The second-order valence-electron chi connectivity index (χ2n) is 5.62. The van der Waals surface area contributed by atoms with E-state index in [1.54, 1.807) is 19.2 Å². The zero-order chi connectivity index (χ0) is 14.5. The summed E-state index contributed by atoms with van der Waals surface area (Å²) >= 11 is 0. The molecule has 2 N–H and O–H groups in total. The molecule has 0 unspecified atom stereocenters. The second-order valence-corrected chi connectivity index (χ2v) is 5.62. The first-order chi connectivity index (χ1) is 8.85. The fourth-order valence-electron chi connectivity index (χ4n) is 1.78. The molecule has 0 heterocycles. The van der Waals surface area contributed by atoms with Crippen LogP contribution in [0.1, 0.15) is 33.3 Å². The highest BCUT2D eigenvalue weighted by molar-refractivity contribution is 14.0. The number of nitrogens with one attached hydrogen (secondary N) is 2. The van der Waals surface area contributed by atoms with E-state index >= 15 is 0 Å². The first kappa shape index (κ1) is 19.1. The summed E-state index contributed by atoms with van der Waals surface area (Å²) in [5.74, 6) is 0.565. The Bertz CT molecular complexity index is 444. The maximum absolute atomic E-state index is 13.3. The summed E-state index contributed by atoms with van der Waals surface area (Å²) in [6, 6.07) is 7.06. The molecular weight excluding hydrogens is 368 g/mol. The van der Waals surface area contributed by atoms with Crippen LogP contribution >= 0.6 is 24.0 Å². The summed E-state index contributed by atoms with van der Waals surface area (Å²) in [5.41, 5.74) is 0.802. The molecule has 0 aliphatic rings. The van der Waals surface area contributed by atoms with Crippen molar-refractivity contribution in [2.75, 3.05) is 13.6 Å². The molecule has 5 heteroatoms. The van der Waals surface area contributed by atoms with Crippen molar-refractivity contribution in [1.29, 1.82) is 0 Å². The molecule has 1 rings (SSSR count). The van der Waals surface area contributed by atoms with Crippen molar-refractivity contribution < 1.29 is 4.39 Å². The lowest BCUT2D eigenvalue weighted by Gasteiger charge is -2.27. The van der Waals surface area contributed by atoms with Gasteiger partial charge in [-0.2, -0.15) is 0 Å². The SMILES string of the molecule is CN=C(NCC(C)(C)c1cccc(F)c1)NC(C)C.I. The number of benzene rings is 1. The topological polar surface area (TPSA) is 36.4 Å². The molecule has 20 heavy (non-hydrogen) atoms. The average Bonchev–Trinajstić information content (AvgIpc) is 2.34. The van der Waals surface area contributed by atoms with Gasteiger partial charge in [-0.25, -0.2) is 4.39 Å². The van der Waals surface area contributed by atoms with Crippen LogP contribution in [0.3, 0.4) is 0 Å². The second kappa shape index (κ2) is 8.44. The van der Waals surface area contributed by atoms with E-state index in [1.807, 2.05) is 6.07 Å². The third kappa shape index (κ3) is 6.07. The summed E-state index contributed by atoms with van der Waals surface area (Å²) in [6.07, 6.45) is 0. The molecule has 0 atom stereocenters. The van der Waals surface area contributed by atoms with Crippen LogP contribution in [-0.4, -0.2) is 25.6 Å². The van der Waals surface area contributed by atoms with E-state index < -0.39 is 0 Å². The number of nitrogens with zero attached hydrogens (tertiary/aromatic N) is 1. The molecule has 0 fully saturated rings. The van der Waals surface area contributed by atoms with Crippen molar-refractivity contribution in [2.45, 2.75) is 39.2 Å². The van der Waals surface area contributed by atoms with Gasteiger partial charge in [0.15, 0.2) is 5.96 Å². The molecule has 0 aliphatic carbocycles. The van der Waals surface area contributed by atoms with E-state index in [1.165, 1.54) is 6.07 Å². The van der Waals surface area contributed by atoms with E-state index in [0.29, 0.717) is 12.6 Å². The third-order valence-electron chi connectivity index (χ3n) is 2.95. The quantitative estimate of drug-likeness (QED) is 0.468. The summed E-state index contributed by atoms with van der Waals surface area (Å²) < 4.78 is 13.3. The normalized spacial score (nSPS) is 12.1. The molecular formula is C15H25FIN3. The van der Waals surface area contributed by atoms with E-state index in [4.69, 9.17) is 0 Å². The highest BCUT2D eigenvalue weighted by Crippen LogP contribution is 2.22. The fraction of sp³-hybridized carbons (Fsp3) is 0.533.